The van der Waals surface area contributed by atoms with Crippen molar-refractivity contribution in [2.45, 2.75) is 20.4 Å². The smallest absolute Gasteiger partial charge is 0.293 e. The van der Waals surface area contributed by atoms with Crippen LogP contribution in [0.4, 0.5) is 10.5 Å². The Kier molecular flexibility index (Phi) is 7.30. The lowest BCUT2D eigenvalue weighted by atomic mass is 10.2. The van der Waals surface area contributed by atoms with E-state index in [1.165, 1.54) is 4.90 Å². The number of morpholine rings is 1. The quantitative estimate of drug-likeness (QED) is 0.316. The Morgan fingerprint density at radius 1 is 1.06 bits per heavy atom. The predicted molar refractivity (Wildman–Crippen MR) is 149 cm³/mol. The van der Waals surface area contributed by atoms with Gasteiger partial charge in [-0.25, -0.2) is 0 Å². The van der Waals surface area contributed by atoms with Gasteiger partial charge in [-0.1, -0.05) is 23.7 Å². The molecule has 0 atom stereocenters. The molecule has 6 nitrogen and oxygen atoms in total. The van der Waals surface area contributed by atoms with Crippen LogP contribution in [0.1, 0.15) is 22.5 Å². The van der Waals surface area contributed by atoms with Crippen molar-refractivity contribution >= 4 is 62.2 Å². The molecule has 2 amide bonds. The second-order valence-electron chi connectivity index (χ2n) is 8.79. The van der Waals surface area contributed by atoms with Crippen molar-refractivity contribution in [1.29, 1.82) is 0 Å². The van der Waals surface area contributed by atoms with Crippen molar-refractivity contribution in [2.24, 2.45) is 0 Å². The Bertz CT molecular complexity index is 1360. The zero-order valence-corrected chi connectivity index (χ0v) is 23.1. The lowest BCUT2D eigenvalue weighted by molar-refractivity contribution is -0.123. The Labute approximate surface area is 228 Å². The summed E-state index contributed by atoms with van der Waals surface area (Å²) < 4.78 is 8.67. The number of carbonyl (C=O) groups excluding carboxylic acids is 2. The maximum Gasteiger partial charge on any atom is 0.293 e. The number of hydrogen-bond acceptors (Lipinski definition) is 5. The highest BCUT2D eigenvalue weighted by atomic mass is 79.9. The van der Waals surface area contributed by atoms with Gasteiger partial charge in [-0.15, -0.1) is 0 Å². The number of ether oxygens (including phenoxy) is 1. The summed E-state index contributed by atoms with van der Waals surface area (Å²) in [5, 5.41) is 0.351. The van der Waals surface area contributed by atoms with E-state index in [0.29, 0.717) is 9.93 Å². The SMILES string of the molecule is Cc1cc(/C=C2\SC(=O)N(Cc3ccc(Cl)cc3)C2=O)c(C)n1-c1ccc(N2CCOCC2)c(Br)c1. The highest BCUT2D eigenvalue weighted by Gasteiger charge is 2.35. The average molecular weight is 587 g/mol. The van der Waals surface area contributed by atoms with E-state index in [4.69, 9.17) is 16.3 Å². The summed E-state index contributed by atoms with van der Waals surface area (Å²) in [6, 6.07) is 15.6. The molecule has 0 spiro atoms. The van der Waals surface area contributed by atoms with Gasteiger partial charge in [0.15, 0.2) is 0 Å². The summed E-state index contributed by atoms with van der Waals surface area (Å²) in [5.41, 5.74) is 6.00. The predicted octanol–water partition coefficient (Wildman–Crippen LogP) is 6.58. The second kappa shape index (κ2) is 10.5. The molecule has 3 heterocycles. The number of aromatic nitrogens is 1. The summed E-state index contributed by atoms with van der Waals surface area (Å²) >= 11 is 10.7. The van der Waals surface area contributed by atoms with E-state index in [2.05, 4.69) is 43.6 Å². The molecule has 186 valence electrons. The van der Waals surface area contributed by atoms with E-state index in [-0.39, 0.29) is 17.7 Å². The molecular weight excluding hydrogens is 562 g/mol. The second-order valence-corrected chi connectivity index (χ2v) is 11.1. The van der Waals surface area contributed by atoms with Crippen LogP contribution in [-0.4, -0.2) is 46.9 Å². The summed E-state index contributed by atoms with van der Waals surface area (Å²) in [7, 11) is 0. The molecule has 2 saturated heterocycles. The molecule has 2 aromatic carbocycles. The van der Waals surface area contributed by atoms with Crippen molar-refractivity contribution in [3.63, 3.8) is 0 Å². The van der Waals surface area contributed by atoms with Gasteiger partial charge in [0, 0.05) is 39.7 Å². The highest BCUT2D eigenvalue weighted by molar-refractivity contribution is 9.10. The lowest BCUT2D eigenvalue weighted by Gasteiger charge is -2.30. The maximum absolute atomic E-state index is 13.1. The number of imide groups is 1. The van der Waals surface area contributed by atoms with Crippen LogP contribution in [-0.2, 0) is 16.1 Å². The van der Waals surface area contributed by atoms with Crippen molar-refractivity contribution < 1.29 is 14.3 Å². The summed E-state index contributed by atoms with van der Waals surface area (Å²) in [6.07, 6.45) is 1.82. The molecule has 2 aliphatic rings. The van der Waals surface area contributed by atoms with E-state index in [1.807, 2.05) is 38.1 Å². The standard InChI is InChI=1S/C27H25BrClN3O3S/c1-17-13-20(14-25-26(33)31(27(34)36-25)16-19-3-5-21(29)6-4-19)18(2)32(17)22-7-8-24(23(28)15-22)30-9-11-35-12-10-30/h3-8,13-15H,9-12,16H2,1-2H3/b25-14-. The molecule has 0 bridgehead atoms. The summed E-state index contributed by atoms with van der Waals surface area (Å²) in [6.45, 7) is 7.51. The first kappa shape index (κ1) is 25.1. The van der Waals surface area contributed by atoms with Crippen LogP contribution in [0.15, 0.2) is 57.9 Å². The third kappa shape index (κ3) is 5.00. The molecule has 2 aliphatic heterocycles. The van der Waals surface area contributed by atoms with Crippen molar-refractivity contribution in [1.82, 2.24) is 9.47 Å². The van der Waals surface area contributed by atoms with Gasteiger partial charge in [0.1, 0.15) is 0 Å². The van der Waals surface area contributed by atoms with Gasteiger partial charge in [-0.2, -0.15) is 0 Å². The van der Waals surface area contributed by atoms with Crippen LogP contribution in [0.2, 0.25) is 5.02 Å². The Morgan fingerprint density at radius 3 is 2.47 bits per heavy atom. The van der Waals surface area contributed by atoms with Gasteiger partial charge in [-0.3, -0.25) is 14.5 Å². The van der Waals surface area contributed by atoms with E-state index in [9.17, 15) is 9.59 Å². The largest absolute Gasteiger partial charge is 0.378 e. The Balaban J connectivity index is 1.39. The van der Waals surface area contributed by atoms with Crippen LogP contribution in [0.5, 0.6) is 0 Å². The van der Waals surface area contributed by atoms with Gasteiger partial charge >= 0.3 is 0 Å². The van der Waals surface area contributed by atoms with E-state index in [1.54, 1.807) is 12.1 Å². The third-order valence-corrected chi connectivity index (χ3v) is 8.22. The normalized spacial score (nSPS) is 17.5. The fourth-order valence-corrected chi connectivity index (χ4v) is 6.15. The number of aryl methyl sites for hydroxylation is 1. The van der Waals surface area contributed by atoms with Crippen molar-refractivity contribution in [3.05, 3.63) is 85.4 Å². The molecule has 2 fully saturated rings. The Morgan fingerprint density at radius 2 is 1.78 bits per heavy atom. The third-order valence-electron chi connectivity index (χ3n) is 6.43. The first-order valence-corrected chi connectivity index (χ1v) is 13.6. The van der Waals surface area contributed by atoms with Crippen LogP contribution < -0.4 is 4.90 Å². The fourth-order valence-electron chi connectivity index (χ4n) is 4.58. The van der Waals surface area contributed by atoms with E-state index < -0.39 is 0 Å². The molecular formula is C27H25BrClN3O3S. The number of amides is 2. The number of benzene rings is 2. The van der Waals surface area contributed by atoms with Crippen molar-refractivity contribution in [3.8, 4) is 5.69 Å². The first-order chi connectivity index (χ1) is 17.3. The van der Waals surface area contributed by atoms with E-state index in [0.717, 1.165) is 76.4 Å². The van der Waals surface area contributed by atoms with Gasteiger partial charge in [0.25, 0.3) is 11.1 Å². The maximum atomic E-state index is 13.1. The molecule has 0 radical (unpaired) electrons. The minimum Gasteiger partial charge on any atom is -0.378 e. The van der Waals surface area contributed by atoms with Gasteiger partial charge in [0.2, 0.25) is 0 Å². The molecule has 0 N–H and O–H groups in total. The fraction of sp³-hybridized carbons (Fsp3) is 0.259. The topological polar surface area (TPSA) is 54.8 Å². The minimum atomic E-state index is -0.276. The molecule has 9 heteroatoms. The molecule has 36 heavy (non-hydrogen) atoms. The van der Waals surface area contributed by atoms with Crippen LogP contribution in [0.25, 0.3) is 11.8 Å². The monoisotopic (exact) mass is 585 g/mol. The number of halogens is 2. The lowest BCUT2D eigenvalue weighted by Crippen LogP contribution is -2.36. The minimum absolute atomic E-state index is 0.224. The number of thioether (sulfide) groups is 1. The van der Waals surface area contributed by atoms with Crippen LogP contribution in [0.3, 0.4) is 0 Å². The zero-order valence-electron chi connectivity index (χ0n) is 20.0. The van der Waals surface area contributed by atoms with Gasteiger partial charge < -0.3 is 14.2 Å². The number of anilines is 1. The van der Waals surface area contributed by atoms with Gasteiger partial charge in [0.05, 0.1) is 30.4 Å². The molecule has 0 saturated carbocycles. The van der Waals surface area contributed by atoms with Crippen molar-refractivity contribution in [2.75, 3.05) is 31.2 Å². The first-order valence-electron chi connectivity index (χ1n) is 11.6. The average Bonchev–Trinajstić information content (AvgIpc) is 3.29. The zero-order chi connectivity index (χ0) is 25.4. The summed E-state index contributed by atoms with van der Waals surface area (Å²) in [5.74, 6) is -0.276. The summed E-state index contributed by atoms with van der Waals surface area (Å²) in [4.78, 5) is 29.7. The molecule has 5 rings (SSSR count). The number of nitrogens with zero attached hydrogens (tertiary/aromatic N) is 3. The molecule has 3 aromatic rings. The Hall–Kier alpha value is -2.52. The van der Waals surface area contributed by atoms with Crippen LogP contribution >= 0.6 is 39.3 Å². The number of rotatable bonds is 5. The highest BCUT2D eigenvalue weighted by Crippen LogP contribution is 2.36. The molecule has 1 aromatic heterocycles. The van der Waals surface area contributed by atoms with E-state index >= 15 is 0 Å². The molecule has 0 aliphatic carbocycles. The number of carbonyl (C=O) groups is 2. The number of hydrogen-bond donors (Lipinski definition) is 0. The molecule has 0 unspecified atom stereocenters. The van der Waals surface area contributed by atoms with Crippen LogP contribution in [0, 0.1) is 13.8 Å². The van der Waals surface area contributed by atoms with Gasteiger partial charge in [-0.05, 0) is 95.1 Å².